The topological polar surface area (TPSA) is 55.7 Å². The maximum absolute atomic E-state index is 13.2. The van der Waals surface area contributed by atoms with Crippen LogP contribution in [0.2, 0.25) is 0 Å². The summed E-state index contributed by atoms with van der Waals surface area (Å²) in [6.07, 6.45) is 2.18. The normalized spacial score (nSPS) is 21.4. The van der Waals surface area contributed by atoms with Crippen LogP contribution >= 0.6 is 0 Å². The quantitative estimate of drug-likeness (QED) is 0.700. The van der Waals surface area contributed by atoms with Crippen molar-refractivity contribution in [1.29, 1.82) is 0 Å². The van der Waals surface area contributed by atoms with Gasteiger partial charge < -0.3 is 4.74 Å². The van der Waals surface area contributed by atoms with E-state index in [1.165, 1.54) is 0 Å². The average molecular weight is 387 g/mol. The number of aliphatic imine (C=N–C) groups is 1. The number of carbonyl (C=O) groups excluding carboxylic acids is 2. The Kier molecular flexibility index (Phi) is 5.43. The van der Waals surface area contributed by atoms with E-state index in [1.807, 2.05) is 68.4 Å². The molecule has 1 saturated carbocycles. The van der Waals surface area contributed by atoms with E-state index in [1.54, 1.807) is 0 Å². The molecular formula is C25H25NO3. The van der Waals surface area contributed by atoms with Crippen LogP contribution in [0.3, 0.4) is 0 Å². The van der Waals surface area contributed by atoms with Crippen LogP contribution in [-0.4, -0.2) is 17.5 Å². The minimum absolute atomic E-state index is 0.168. The molecule has 0 N–H and O–H groups in total. The highest BCUT2D eigenvalue weighted by atomic mass is 16.5. The van der Waals surface area contributed by atoms with Crippen molar-refractivity contribution < 1.29 is 14.3 Å². The zero-order valence-electron chi connectivity index (χ0n) is 16.9. The lowest BCUT2D eigenvalue weighted by Gasteiger charge is -2.35. The Balaban J connectivity index is 1.71. The molecule has 0 bridgehead atoms. The summed E-state index contributed by atoms with van der Waals surface area (Å²) in [6, 6.07) is 17.7. The number of ketones is 1. The van der Waals surface area contributed by atoms with Gasteiger partial charge in [-0.3, -0.25) is 9.79 Å². The van der Waals surface area contributed by atoms with Gasteiger partial charge in [0.2, 0.25) is 0 Å². The zero-order valence-corrected chi connectivity index (χ0v) is 16.9. The van der Waals surface area contributed by atoms with Gasteiger partial charge in [0.25, 0.3) is 0 Å². The molecule has 1 aliphatic carbocycles. The van der Waals surface area contributed by atoms with Crippen LogP contribution in [0.1, 0.15) is 48.8 Å². The molecule has 4 rings (SSSR count). The maximum Gasteiger partial charge on any atom is 0.336 e. The molecule has 0 radical (unpaired) electrons. The summed E-state index contributed by atoms with van der Waals surface area (Å²) in [7, 11) is 0. The van der Waals surface area contributed by atoms with E-state index in [9.17, 15) is 9.59 Å². The Morgan fingerprint density at radius 1 is 1.00 bits per heavy atom. The summed E-state index contributed by atoms with van der Waals surface area (Å²) in [5.74, 6) is -0.923. The SMILES string of the molecule is CC1=C(C(=O)OCc2ccccc2)[C@H](c2ccc(C)cc2)C2C(=O)CCCC2=N1. The fourth-order valence-electron chi connectivity index (χ4n) is 4.32. The Morgan fingerprint density at radius 2 is 1.72 bits per heavy atom. The first kappa shape index (κ1) is 19.3. The highest BCUT2D eigenvalue weighted by molar-refractivity contribution is 6.11. The van der Waals surface area contributed by atoms with Crippen LogP contribution in [0.4, 0.5) is 0 Å². The number of benzene rings is 2. The van der Waals surface area contributed by atoms with Crippen molar-refractivity contribution in [3.63, 3.8) is 0 Å². The largest absolute Gasteiger partial charge is 0.457 e. The van der Waals surface area contributed by atoms with Gasteiger partial charge in [0.15, 0.2) is 0 Å². The second-order valence-corrected chi connectivity index (χ2v) is 7.85. The van der Waals surface area contributed by atoms with E-state index in [0.717, 1.165) is 35.2 Å². The monoisotopic (exact) mass is 387 g/mol. The van der Waals surface area contributed by atoms with Gasteiger partial charge in [0.1, 0.15) is 12.4 Å². The van der Waals surface area contributed by atoms with E-state index in [-0.39, 0.29) is 24.2 Å². The van der Waals surface area contributed by atoms with Crippen molar-refractivity contribution in [3.8, 4) is 0 Å². The molecule has 2 aromatic carbocycles. The number of aryl methyl sites for hydroxylation is 1. The summed E-state index contributed by atoms with van der Waals surface area (Å²) in [5.41, 5.74) is 5.11. The molecule has 1 heterocycles. The zero-order chi connectivity index (χ0) is 20.4. The van der Waals surface area contributed by atoms with Gasteiger partial charge in [0, 0.05) is 23.7 Å². The molecule has 2 aromatic rings. The molecule has 29 heavy (non-hydrogen) atoms. The van der Waals surface area contributed by atoms with Crippen LogP contribution in [0.25, 0.3) is 0 Å². The Morgan fingerprint density at radius 3 is 2.45 bits per heavy atom. The maximum atomic E-state index is 13.2. The molecule has 4 heteroatoms. The van der Waals surface area contributed by atoms with Gasteiger partial charge in [-0.25, -0.2) is 4.79 Å². The number of fused-ring (bicyclic) bond motifs is 1. The molecule has 0 aromatic heterocycles. The molecule has 148 valence electrons. The van der Waals surface area contributed by atoms with E-state index in [4.69, 9.17) is 4.74 Å². The fraction of sp³-hybridized carbons (Fsp3) is 0.320. The standard InChI is InChI=1S/C25H25NO3/c1-16-11-13-19(14-12-16)23-22(25(28)29-15-18-7-4-3-5-8-18)17(2)26-20-9-6-10-21(27)24(20)23/h3-5,7-8,11-14,23-24H,6,9-10,15H2,1-2H3/t23-,24?/m0/s1. The molecule has 0 spiro atoms. The number of hydrogen-bond donors (Lipinski definition) is 0. The first-order valence-corrected chi connectivity index (χ1v) is 10.1. The van der Waals surface area contributed by atoms with Gasteiger partial charge in [-0.1, -0.05) is 60.2 Å². The molecule has 2 atom stereocenters. The van der Waals surface area contributed by atoms with Gasteiger partial charge in [0.05, 0.1) is 11.5 Å². The molecule has 1 aliphatic heterocycles. The van der Waals surface area contributed by atoms with Crippen molar-refractivity contribution >= 4 is 17.5 Å². The van der Waals surface area contributed by atoms with E-state index in [0.29, 0.717) is 17.7 Å². The summed E-state index contributed by atoms with van der Waals surface area (Å²) in [6.45, 7) is 4.08. The van der Waals surface area contributed by atoms with Crippen LogP contribution in [0, 0.1) is 12.8 Å². The minimum Gasteiger partial charge on any atom is -0.457 e. The van der Waals surface area contributed by atoms with Crippen LogP contribution in [-0.2, 0) is 20.9 Å². The average Bonchev–Trinajstić information content (AvgIpc) is 2.72. The number of rotatable bonds is 4. The number of nitrogens with zero attached hydrogens (tertiary/aromatic N) is 1. The number of ether oxygens (including phenoxy) is 1. The lowest BCUT2D eigenvalue weighted by Crippen LogP contribution is -2.39. The van der Waals surface area contributed by atoms with Crippen LogP contribution in [0.5, 0.6) is 0 Å². The highest BCUT2D eigenvalue weighted by Gasteiger charge is 2.43. The summed E-state index contributed by atoms with van der Waals surface area (Å²) < 4.78 is 5.65. The lowest BCUT2D eigenvalue weighted by atomic mass is 9.69. The van der Waals surface area contributed by atoms with Crippen molar-refractivity contribution in [2.24, 2.45) is 10.9 Å². The van der Waals surface area contributed by atoms with Gasteiger partial charge >= 0.3 is 5.97 Å². The van der Waals surface area contributed by atoms with Crippen molar-refractivity contribution in [2.75, 3.05) is 0 Å². The Labute approximate surface area is 171 Å². The van der Waals surface area contributed by atoms with E-state index in [2.05, 4.69) is 4.99 Å². The molecule has 1 fully saturated rings. The molecule has 2 aliphatic rings. The minimum atomic E-state index is -0.391. The number of allylic oxidation sites excluding steroid dienone is 1. The molecule has 0 saturated heterocycles. The first-order valence-electron chi connectivity index (χ1n) is 10.1. The Hall–Kier alpha value is -3.01. The predicted molar refractivity (Wildman–Crippen MR) is 113 cm³/mol. The second-order valence-electron chi connectivity index (χ2n) is 7.85. The van der Waals surface area contributed by atoms with Crippen molar-refractivity contribution in [2.45, 2.75) is 45.6 Å². The molecule has 0 amide bonds. The van der Waals surface area contributed by atoms with E-state index >= 15 is 0 Å². The van der Waals surface area contributed by atoms with Crippen LogP contribution in [0.15, 0.2) is 70.9 Å². The third kappa shape index (κ3) is 3.93. The van der Waals surface area contributed by atoms with Crippen molar-refractivity contribution in [3.05, 3.63) is 82.6 Å². The summed E-state index contributed by atoms with van der Waals surface area (Å²) in [5, 5.41) is 0. The van der Waals surface area contributed by atoms with Crippen LogP contribution < -0.4 is 0 Å². The fourth-order valence-corrected chi connectivity index (χ4v) is 4.32. The van der Waals surface area contributed by atoms with Gasteiger partial charge in [-0.05, 0) is 37.8 Å². The highest BCUT2D eigenvalue weighted by Crippen LogP contribution is 2.43. The third-order valence-electron chi connectivity index (χ3n) is 5.78. The second kappa shape index (κ2) is 8.16. The third-order valence-corrected chi connectivity index (χ3v) is 5.78. The number of esters is 1. The van der Waals surface area contributed by atoms with Crippen molar-refractivity contribution in [1.82, 2.24) is 0 Å². The van der Waals surface area contributed by atoms with Gasteiger partial charge in [-0.2, -0.15) is 0 Å². The number of hydrogen-bond acceptors (Lipinski definition) is 4. The molecular weight excluding hydrogens is 362 g/mol. The first-order chi connectivity index (χ1) is 14.0. The summed E-state index contributed by atoms with van der Waals surface area (Å²) in [4.78, 5) is 30.7. The smallest absolute Gasteiger partial charge is 0.336 e. The number of Topliss-reactive ketones (excluding diaryl/α,β-unsaturated/α-hetero) is 1. The van der Waals surface area contributed by atoms with Gasteiger partial charge in [-0.15, -0.1) is 0 Å². The summed E-state index contributed by atoms with van der Waals surface area (Å²) >= 11 is 0. The van der Waals surface area contributed by atoms with E-state index < -0.39 is 5.97 Å². The molecule has 1 unspecified atom stereocenters. The lowest BCUT2D eigenvalue weighted by molar-refractivity contribution is -0.140. The Bertz CT molecular complexity index is 986. The number of carbonyl (C=O) groups is 2. The predicted octanol–water partition coefficient (Wildman–Crippen LogP) is 4.92. The molecule has 4 nitrogen and oxygen atoms in total.